The Labute approximate surface area is 124 Å². The highest BCUT2D eigenvalue weighted by atomic mass is 32.2. The molecule has 118 valence electrons. The number of nitrogens with one attached hydrogen (secondary N) is 3. The summed E-state index contributed by atoms with van der Waals surface area (Å²) in [6.45, 7) is 2.57. The quantitative estimate of drug-likeness (QED) is 0.576. The molecule has 0 bridgehead atoms. The van der Waals surface area contributed by atoms with E-state index in [1.54, 1.807) is 7.05 Å². The number of hydrogen-bond donors (Lipinski definition) is 3. The zero-order valence-electron chi connectivity index (χ0n) is 12.3. The molecule has 0 aliphatic carbocycles. The fourth-order valence-electron chi connectivity index (χ4n) is 2.02. The Morgan fingerprint density at radius 1 is 1.10 bits per heavy atom. The van der Waals surface area contributed by atoms with Crippen molar-refractivity contribution in [2.45, 2.75) is 12.8 Å². The summed E-state index contributed by atoms with van der Waals surface area (Å²) in [5.41, 5.74) is 0. The second kappa shape index (κ2) is 6.85. The summed E-state index contributed by atoms with van der Waals surface area (Å²) in [5.74, 6) is 1.57. The van der Waals surface area contributed by atoms with Crippen LogP contribution in [0.2, 0.25) is 0 Å². The predicted molar refractivity (Wildman–Crippen MR) is 82.2 cm³/mol. The largest absolute Gasteiger partial charge is 0.357 e. The number of nitrogens with zero attached hydrogens (tertiary/aromatic N) is 4. The van der Waals surface area contributed by atoms with Crippen LogP contribution < -0.4 is 20.3 Å². The predicted octanol–water partition coefficient (Wildman–Crippen LogP) is -0.525. The minimum absolute atomic E-state index is 0.276. The maximum Gasteiger partial charge on any atom is 0.231 e. The first kappa shape index (κ1) is 15.7. The Bertz CT molecular complexity index is 572. The first-order valence-corrected chi connectivity index (χ1v) is 8.74. The average molecular weight is 315 g/mol. The lowest BCUT2D eigenvalue weighted by molar-refractivity contribution is 0.589. The van der Waals surface area contributed by atoms with Gasteiger partial charge in [0.1, 0.15) is 0 Å². The van der Waals surface area contributed by atoms with Gasteiger partial charge in [0.05, 0.1) is 6.26 Å². The molecule has 2 heterocycles. The van der Waals surface area contributed by atoms with Crippen LogP contribution >= 0.6 is 0 Å². The van der Waals surface area contributed by atoms with Crippen LogP contribution in [-0.2, 0) is 10.0 Å². The van der Waals surface area contributed by atoms with Crippen LogP contribution in [0.15, 0.2) is 0 Å². The molecule has 0 spiro atoms. The van der Waals surface area contributed by atoms with Crippen LogP contribution in [-0.4, -0.2) is 62.9 Å². The van der Waals surface area contributed by atoms with Gasteiger partial charge in [-0.2, -0.15) is 15.0 Å². The van der Waals surface area contributed by atoms with E-state index in [1.807, 2.05) is 0 Å². The van der Waals surface area contributed by atoms with Crippen molar-refractivity contribution in [3.05, 3.63) is 0 Å². The summed E-state index contributed by atoms with van der Waals surface area (Å²) in [6, 6.07) is 0. The van der Waals surface area contributed by atoms with E-state index in [0.717, 1.165) is 32.2 Å². The van der Waals surface area contributed by atoms with Crippen molar-refractivity contribution >= 4 is 27.9 Å². The minimum atomic E-state index is -3.18. The fraction of sp³-hybridized carbons (Fsp3) is 0.727. The Morgan fingerprint density at radius 3 is 2.38 bits per heavy atom. The van der Waals surface area contributed by atoms with E-state index in [4.69, 9.17) is 0 Å². The van der Waals surface area contributed by atoms with Gasteiger partial charge in [-0.3, -0.25) is 0 Å². The highest BCUT2D eigenvalue weighted by molar-refractivity contribution is 7.88. The maximum atomic E-state index is 11.0. The summed E-state index contributed by atoms with van der Waals surface area (Å²) in [5, 5.41) is 5.91. The van der Waals surface area contributed by atoms with Gasteiger partial charge >= 0.3 is 0 Å². The second-order valence-electron chi connectivity index (χ2n) is 4.82. The van der Waals surface area contributed by atoms with Crippen LogP contribution in [0.1, 0.15) is 12.8 Å². The molecule has 2 rings (SSSR count). The van der Waals surface area contributed by atoms with Crippen molar-refractivity contribution in [3.63, 3.8) is 0 Å². The summed E-state index contributed by atoms with van der Waals surface area (Å²) < 4.78 is 24.4. The highest BCUT2D eigenvalue weighted by Gasteiger charge is 2.17. The van der Waals surface area contributed by atoms with Crippen molar-refractivity contribution < 1.29 is 8.42 Å². The molecule has 1 aromatic heterocycles. The lowest BCUT2D eigenvalue weighted by Crippen LogP contribution is -2.28. The van der Waals surface area contributed by atoms with Gasteiger partial charge in [-0.05, 0) is 12.8 Å². The molecule has 3 N–H and O–H groups in total. The molecule has 0 saturated carbocycles. The third-order valence-corrected chi connectivity index (χ3v) is 3.74. The van der Waals surface area contributed by atoms with Crippen LogP contribution in [0, 0.1) is 0 Å². The second-order valence-corrected chi connectivity index (χ2v) is 6.65. The van der Waals surface area contributed by atoms with Gasteiger partial charge in [0.25, 0.3) is 0 Å². The Kier molecular flexibility index (Phi) is 5.12. The van der Waals surface area contributed by atoms with E-state index in [9.17, 15) is 8.42 Å². The Hall–Kier alpha value is -1.68. The number of hydrogen-bond acceptors (Lipinski definition) is 8. The highest BCUT2D eigenvalue weighted by Crippen LogP contribution is 2.18. The van der Waals surface area contributed by atoms with Gasteiger partial charge in [0.2, 0.25) is 27.9 Å². The minimum Gasteiger partial charge on any atom is -0.357 e. The Balaban J connectivity index is 1.99. The summed E-state index contributed by atoms with van der Waals surface area (Å²) >= 11 is 0. The number of rotatable bonds is 7. The van der Waals surface area contributed by atoms with Gasteiger partial charge in [-0.25, -0.2) is 13.1 Å². The number of anilines is 3. The summed E-state index contributed by atoms with van der Waals surface area (Å²) in [7, 11) is -1.43. The average Bonchev–Trinajstić information content (AvgIpc) is 2.96. The normalized spacial score (nSPS) is 15.2. The van der Waals surface area contributed by atoms with E-state index in [1.165, 1.54) is 0 Å². The number of aromatic nitrogens is 3. The van der Waals surface area contributed by atoms with Gasteiger partial charge in [0, 0.05) is 33.2 Å². The molecule has 0 atom stereocenters. The molecular weight excluding hydrogens is 294 g/mol. The van der Waals surface area contributed by atoms with Crippen molar-refractivity contribution in [2.24, 2.45) is 0 Å². The molecule has 1 saturated heterocycles. The SMILES string of the molecule is CNc1nc(NCCNS(C)(=O)=O)nc(N2CCCC2)n1. The van der Waals surface area contributed by atoms with Crippen molar-refractivity contribution in [1.29, 1.82) is 0 Å². The maximum absolute atomic E-state index is 11.0. The molecule has 1 aromatic rings. The molecular formula is C11H21N7O2S. The van der Waals surface area contributed by atoms with Crippen LogP contribution in [0.25, 0.3) is 0 Å². The van der Waals surface area contributed by atoms with Gasteiger partial charge in [-0.15, -0.1) is 0 Å². The number of sulfonamides is 1. The van der Waals surface area contributed by atoms with E-state index < -0.39 is 10.0 Å². The zero-order valence-corrected chi connectivity index (χ0v) is 13.1. The van der Waals surface area contributed by atoms with Gasteiger partial charge in [-0.1, -0.05) is 0 Å². The van der Waals surface area contributed by atoms with Crippen LogP contribution in [0.4, 0.5) is 17.8 Å². The molecule has 1 aliphatic rings. The first-order valence-electron chi connectivity index (χ1n) is 6.85. The van der Waals surface area contributed by atoms with Crippen molar-refractivity contribution in [1.82, 2.24) is 19.7 Å². The monoisotopic (exact) mass is 315 g/mol. The summed E-state index contributed by atoms with van der Waals surface area (Å²) in [4.78, 5) is 15.0. The molecule has 9 nitrogen and oxygen atoms in total. The fourth-order valence-corrected chi connectivity index (χ4v) is 2.50. The topological polar surface area (TPSA) is 112 Å². The van der Waals surface area contributed by atoms with Crippen molar-refractivity contribution in [2.75, 3.05) is 55.0 Å². The van der Waals surface area contributed by atoms with Crippen LogP contribution in [0.5, 0.6) is 0 Å². The zero-order chi connectivity index (χ0) is 15.3. The molecule has 1 fully saturated rings. The molecule has 0 unspecified atom stereocenters. The molecule has 0 aromatic carbocycles. The van der Waals surface area contributed by atoms with E-state index in [0.29, 0.717) is 24.4 Å². The lowest BCUT2D eigenvalue weighted by Gasteiger charge is -2.16. The molecule has 0 amide bonds. The van der Waals surface area contributed by atoms with Crippen molar-refractivity contribution in [3.8, 4) is 0 Å². The van der Waals surface area contributed by atoms with Gasteiger partial charge < -0.3 is 15.5 Å². The lowest BCUT2D eigenvalue weighted by atomic mass is 10.4. The first-order chi connectivity index (χ1) is 9.98. The molecule has 21 heavy (non-hydrogen) atoms. The smallest absolute Gasteiger partial charge is 0.231 e. The van der Waals surface area contributed by atoms with Gasteiger partial charge in [0.15, 0.2) is 0 Å². The standard InChI is InChI=1S/C11H21N7O2S/c1-12-9-15-10(13-5-6-14-21(2,19)20)17-11(16-9)18-7-3-4-8-18/h14H,3-8H2,1-2H3,(H2,12,13,15,16,17). The molecule has 1 aliphatic heterocycles. The third-order valence-electron chi connectivity index (χ3n) is 3.01. The van der Waals surface area contributed by atoms with Crippen LogP contribution in [0.3, 0.4) is 0 Å². The summed E-state index contributed by atoms with van der Waals surface area (Å²) in [6.07, 6.45) is 3.41. The van der Waals surface area contributed by atoms with E-state index >= 15 is 0 Å². The third kappa shape index (κ3) is 4.97. The molecule has 10 heteroatoms. The Morgan fingerprint density at radius 2 is 1.76 bits per heavy atom. The molecule has 0 radical (unpaired) electrons. The van der Waals surface area contributed by atoms with E-state index in [2.05, 4.69) is 35.2 Å². The van der Waals surface area contributed by atoms with E-state index in [-0.39, 0.29) is 6.54 Å².